The molecule has 3 heterocycles. The monoisotopic (exact) mass is 555 g/mol. The maximum atomic E-state index is 13.0. The van der Waals surface area contributed by atoms with Gasteiger partial charge in [-0.15, -0.1) is 0 Å². The van der Waals surface area contributed by atoms with E-state index in [1.165, 1.54) is 7.11 Å². The third kappa shape index (κ3) is 5.39. The van der Waals surface area contributed by atoms with E-state index in [9.17, 15) is 9.59 Å². The summed E-state index contributed by atoms with van der Waals surface area (Å²) in [6, 6.07) is 23.6. The molecule has 4 aromatic rings. The van der Waals surface area contributed by atoms with E-state index >= 15 is 0 Å². The average Bonchev–Trinajstić information content (AvgIpc) is 3.60. The number of methoxy groups -OCH3 is 2. The van der Waals surface area contributed by atoms with Crippen LogP contribution >= 0.6 is 12.2 Å². The number of aromatic nitrogens is 2. The second-order valence-corrected chi connectivity index (χ2v) is 9.52. The van der Waals surface area contributed by atoms with Crippen LogP contribution in [0.5, 0.6) is 5.75 Å². The van der Waals surface area contributed by atoms with Crippen LogP contribution in [-0.4, -0.2) is 52.2 Å². The SMILES string of the molecule is COC(=O)c1ccccc1-n1cccc1[C@H]1[C@@H](c2ccccn2)NC(=S)N1CCC(=O)Nc1ccccc1OC. The highest BCUT2D eigenvalue weighted by Crippen LogP contribution is 2.40. The molecule has 2 aromatic heterocycles. The van der Waals surface area contributed by atoms with Gasteiger partial charge < -0.3 is 29.6 Å². The third-order valence-electron chi connectivity index (χ3n) is 6.81. The van der Waals surface area contributed by atoms with Crippen LogP contribution in [0.1, 0.15) is 40.3 Å². The predicted molar refractivity (Wildman–Crippen MR) is 156 cm³/mol. The van der Waals surface area contributed by atoms with Crippen molar-refractivity contribution in [2.45, 2.75) is 18.5 Å². The molecule has 5 rings (SSSR count). The highest BCUT2D eigenvalue weighted by Gasteiger charge is 2.41. The molecule has 1 saturated heterocycles. The van der Waals surface area contributed by atoms with Gasteiger partial charge in [-0.3, -0.25) is 9.78 Å². The lowest BCUT2D eigenvalue weighted by atomic mass is 10.0. The Kier molecular flexibility index (Phi) is 8.07. The number of amides is 1. The summed E-state index contributed by atoms with van der Waals surface area (Å²) in [6.07, 6.45) is 3.83. The van der Waals surface area contributed by atoms with E-state index in [2.05, 4.69) is 15.6 Å². The number of carbonyl (C=O) groups excluding carboxylic acids is 2. The van der Waals surface area contributed by atoms with Crippen LogP contribution in [0.15, 0.2) is 91.3 Å². The molecule has 10 heteroatoms. The molecule has 1 aliphatic heterocycles. The van der Waals surface area contributed by atoms with E-state index in [-0.39, 0.29) is 24.4 Å². The molecule has 1 aliphatic rings. The quantitative estimate of drug-likeness (QED) is 0.227. The van der Waals surface area contributed by atoms with Crippen molar-refractivity contribution in [3.8, 4) is 11.4 Å². The molecule has 1 amide bonds. The molecular weight excluding hydrogens is 526 g/mol. The van der Waals surface area contributed by atoms with Crippen molar-refractivity contribution >= 4 is 34.9 Å². The highest BCUT2D eigenvalue weighted by atomic mass is 32.1. The van der Waals surface area contributed by atoms with Crippen molar-refractivity contribution in [3.63, 3.8) is 0 Å². The average molecular weight is 556 g/mol. The summed E-state index contributed by atoms with van der Waals surface area (Å²) in [6.45, 7) is 0.352. The van der Waals surface area contributed by atoms with Crippen LogP contribution in [0.25, 0.3) is 5.69 Å². The minimum atomic E-state index is -0.429. The number of anilines is 1. The summed E-state index contributed by atoms with van der Waals surface area (Å²) in [5.41, 5.74) is 3.41. The molecule has 40 heavy (non-hydrogen) atoms. The number of nitrogens with one attached hydrogen (secondary N) is 2. The van der Waals surface area contributed by atoms with Crippen LogP contribution in [0.3, 0.4) is 0 Å². The van der Waals surface area contributed by atoms with Crippen molar-refractivity contribution in [1.82, 2.24) is 19.8 Å². The van der Waals surface area contributed by atoms with Crippen LogP contribution in [0.2, 0.25) is 0 Å². The van der Waals surface area contributed by atoms with Crippen molar-refractivity contribution in [2.75, 3.05) is 26.1 Å². The molecule has 0 bridgehead atoms. The van der Waals surface area contributed by atoms with Gasteiger partial charge in [0.1, 0.15) is 5.75 Å². The Morgan fingerprint density at radius 3 is 2.55 bits per heavy atom. The molecule has 0 saturated carbocycles. The van der Waals surface area contributed by atoms with Crippen molar-refractivity contribution in [3.05, 3.63) is 108 Å². The maximum absolute atomic E-state index is 13.0. The first-order valence-corrected chi connectivity index (χ1v) is 13.2. The number of nitrogens with zero attached hydrogens (tertiary/aromatic N) is 3. The number of hydrogen-bond donors (Lipinski definition) is 2. The van der Waals surface area contributed by atoms with Gasteiger partial charge >= 0.3 is 5.97 Å². The summed E-state index contributed by atoms with van der Waals surface area (Å²) < 4.78 is 12.4. The van der Waals surface area contributed by atoms with E-state index < -0.39 is 5.97 Å². The van der Waals surface area contributed by atoms with Gasteiger partial charge in [-0.25, -0.2) is 4.79 Å². The van der Waals surface area contributed by atoms with Gasteiger partial charge in [-0.2, -0.15) is 0 Å². The standard InChI is InChI=1S/C30H29N5O4S/c1-38-25-15-6-4-11-21(25)32-26(36)16-19-35-28(27(33-30(35)40)22-12-7-8-17-31-22)24-14-9-18-34(24)23-13-5-3-10-20(23)29(37)39-2/h3-15,17-18,27-28H,16,19H2,1-2H3,(H,32,36)(H,33,40)/t27-,28+/m1/s1. The fourth-order valence-electron chi connectivity index (χ4n) is 4.97. The largest absolute Gasteiger partial charge is 0.495 e. The summed E-state index contributed by atoms with van der Waals surface area (Å²) in [5.74, 6) is -0.00961. The Morgan fingerprint density at radius 2 is 1.77 bits per heavy atom. The number of benzene rings is 2. The van der Waals surface area contributed by atoms with E-state index in [1.54, 1.807) is 37.6 Å². The first-order valence-electron chi connectivity index (χ1n) is 12.8. The van der Waals surface area contributed by atoms with Gasteiger partial charge in [-0.05, 0) is 60.7 Å². The second kappa shape index (κ2) is 12.0. The van der Waals surface area contributed by atoms with Crippen LogP contribution in [0.4, 0.5) is 5.69 Å². The number of thiocarbonyl (C=S) groups is 1. The molecule has 2 aromatic carbocycles. The fourth-order valence-corrected chi connectivity index (χ4v) is 5.30. The minimum absolute atomic E-state index is 0.168. The Labute approximate surface area is 237 Å². The normalized spacial score (nSPS) is 16.4. The first kappa shape index (κ1) is 26.9. The molecule has 204 valence electrons. The van der Waals surface area contributed by atoms with Crippen LogP contribution < -0.4 is 15.4 Å². The van der Waals surface area contributed by atoms with Gasteiger partial charge in [0.2, 0.25) is 5.91 Å². The number of hydrogen-bond acceptors (Lipinski definition) is 6. The lowest BCUT2D eigenvalue weighted by molar-refractivity contribution is -0.116. The molecule has 0 radical (unpaired) electrons. The van der Waals surface area contributed by atoms with Gasteiger partial charge in [0.25, 0.3) is 0 Å². The molecule has 2 N–H and O–H groups in total. The van der Waals surface area contributed by atoms with E-state index in [4.69, 9.17) is 21.7 Å². The Bertz CT molecular complexity index is 1520. The third-order valence-corrected chi connectivity index (χ3v) is 7.16. The van der Waals surface area contributed by atoms with E-state index in [0.717, 1.165) is 11.4 Å². The Hall–Kier alpha value is -4.70. The van der Waals surface area contributed by atoms with Crippen molar-refractivity contribution < 1.29 is 19.1 Å². The number of carbonyl (C=O) groups is 2. The van der Waals surface area contributed by atoms with Crippen molar-refractivity contribution in [2.24, 2.45) is 0 Å². The predicted octanol–water partition coefficient (Wildman–Crippen LogP) is 4.67. The minimum Gasteiger partial charge on any atom is -0.495 e. The molecule has 2 atom stereocenters. The number of esters is 1. The molecule has 0 aliphatic carbocycles. The molecular formula is C30H29N5O4S. The van der Waals surface area contributed by atoms with E-state index in [0.29, 0.717) is 34.3 Å². The summed E-state index contributed by atoms with van der Waals surface area (Å²) in [4.78, 5) is 32.2. The second-order valence-electron chi connectivity index (χ2n) is 9.13. The van der Waals surface area contributed by atoms with E-state index in [1.807, 2.05) is 70.3 Å². The maximum Gasteiger partial charge on any atom is 0.339 e. The fraction of sp³-hybridized carbons (Fsp3) is 0.200. The highest BCUT2D eigenvalue weighted by molar-refractivity contribution is 7.80. The van der Waals surface area contributed by atoms with Gasteiger partial charge in [0.05, 0.1) is 48.9 Å². The Balaban J connectivity index is 1.48. The zero-order valence-corrected chi connectivity index (χ0v) is 22.9. The van der Waals surface area contributed by atoms with Crippen LogP contribution in [-0.2, 0) is 9.53 Å². The number of para-hydroxylation sites is 3. The molecule has 0 unspecified atom stereocenters. The summed E-state index contributed by atoms with van der Waals surface area (Å²) >= 11 is 5.79. The smallest absolute Gasteiger partial charge is 0.339 e. The topological polar surface area (TPSA) is 97.7 Å². The summed E-state index contributed by atoms with van der Waals surface area (Å²) in [5, 5.41) is 6.86. The van der Waals surface area contributed by atoms with Gasteiger partial charge in [0, 0.05) is 31.1 Å². The number of rotatable bonds is 9. The van der Waals surface area contributed by atoms with Gasteiger partial charge in [0.15, 0.2) is 5.11 Å². The lowest BCUT2D eigenvalue weighted by Crippen LogP contribution is -2.33. The van der Waals surface area contributed by atoms with Crippen molar-refractivity contribution in [1.29, 1.82) is 0 Å². The van der Waals surface area contributed by atoms with Crippen LogP contribution in [0, 0.1) is 0 Å². The number of pyridine rings is 1. The zero-order valence-electron chi connectivity index (χ0n) is 22.1. The molecule has 1 fully saturated rings. The zero-order chi connectivity index (χ0) is 28.1. The summed E-state index contributed by atoms with van der Waals surface area (Å²) in [7, 11) is 2.93. The molecule has 0 spiro atoms. The first-order chi connectivity index (χ1) is 19.5. The lowest BCUT2D eigenvalue weighted by Gasteiger charge is -2.29. The van der Waals surface area contributed by atoms with Gasteiger partial charge in [-0.1, -0.05) is 30.3 Å². The number of ether oxygens (including phenoxy) is 2. The molecule has 9 nitrogen and oxygen atoms in total. The Morgan fingerprint density at radius 1 is 1.00 bits per heavy atom.